The fraction of sp³-hybridized carbons (Fsp3) is 0.778. The zero-order chi connectivity index (χ0) is 11.0. The van der Waals surface area contributed by atoms with Gasteiger partial charge in [0.1, 0.15) is 0 Å². The van der Waals surface area contributed by atoms with Gasteiger partial charge in [-0.25, -0.2) is 0 Å². The van der Waals surface area contributed by atoms with E-state index < -0.39 is 11.8 Å². The van der Waals surface area contributed by atoms with Crippen LogP contribution in [0.2, 0.25) is 0 Å². The molecule has 0 rings (SSSR count). The summed E-state index contributed by atoms with van der Waals surface area (Å²) < 4.78 is 0. The quantitative estimate of drug-likeness (QED) is 0.582. The smallest absolute Gasteiger partial charge is 0.311 e. The number of amides is 2. The van der Waals surface area contributed by atoms with Crippen molar-refractivity contribution in [2.24, 2.45) is 0 Å². The van der Waals surface area contributed by atoms with E-state index in [0.717, 1.165) is 12.8 Å². The van der Waals surface area contributed by atoms with Crippen molar-refractivity contribution >= 4 is 11.8 Å². The number of rotatable bonds is 5. The number of nitrogens with zero attached hydrogens (tertiary/aromatic N) is 1. The minimum atomic E-state index is -0.655. The van der Waals surface area contributed by atoms with E-state index in [1.807, 2.05) is 6.92 Å². The van der Waals surface area contributed by atoms with Gasteiger partial charge in [-0.15, -0.1) is 0 Å². The molecule has 82 valence electrons. The first kappa shape index (κ1) is 12.9. The molecule has 0 aromatic heterocycles. The molecule has 0 radical (unpaired) electrons. The molecule has 2 N–H and O–H groups in total. The first-order chi connectivity index (χ1) is 6.63. The largest absolute Gasteiger partial charge is 0.395 e. The fourth-order valence-electron chi connectivity index (χ4n) is 0.915. The molecule has 5 nitrogen and oxygen atoms in total. The van der Waals surface area contributed by atoms with Crippen molar-refractivity contribution in [3.63, 3.8) is 0 Å². The van der Waals surface area contributed by atoms with E-state index in [9.17, 15) is 9.59 Å². The van der Waals surface area contributed by atoms with Gasteiger partial charge < -0.3 is 15.3 Å². The molecule has 0 heterocycles. The Labute approximate surface area is 84.1 Å². The second-order valence-electron chi connectivity index (χ2n) is 3.06. The molecule has 0 bridgehead atoms. The lowest BCUT2D eigenvalue weighted by atomic mass is 10.3. The van der Waals surface area contributed by atoms with Crippen LogP contribution in [-0.4, -0.2) is 48.6 Å². The zero-order valence-electron chi connectivity index (χ0n) is 8.75. The van der Waals surface area contributed by atoms with Crippen molar-refractivity contribution < 1.29 is 14.7 Å². The summed E-state index contributed by atoms with van der Waals surface area (Å²) in [6.45, 7) is 2.57. The summed E-state index contributed by atoms with van der Waals surface area (Å²) in [4.78, 5) is 23.8. The summed E-state index contributed by atoms with van der Waals surface area (Å²) in [5.74, 6) is -1.20. The Kier molecular flexibility index (Phi) is 6.74. The molecule has 0 spiro atoms. The average Bonchev–Trinajstić information content (AvgIpc) is 2.21. The number of hydrogen-bond donors (Lipinski definition) is 2. The van der Waals surface area contributed by atoms with Crippen LogP contribution in [0.15, 0.2) is 0 Å². The zero-order valence-corrected chi connectivity index (χ0v) is 8.75. The van der Waals surface area contributed by atoms with Crippen molar-refractivity contribution in [3.05, 3.63) is 0 Å². The molecule has 0 aromatic rings. The summed E-state index contributed by atoms with van der Waals surface area (Å²) in [6, 6.07) is 0. The Hall–Kier alpha value is -1.10. The average molecular weight is 202 g/mol. The van der Waals surface area contributed by atoms with Gasteiger partial charge in [0.25, 0.3) is 0 Å². The maximum atomic E-state index is 11.3. The van der Waals surface area contributed by atoms with Crippen LogP contribution in [0.5, 0.6) is 0 Å². The highest BCUT2D eigenvalue weighted by atomic mass is 16.3. The van der Waals surface area contributed by atoms with E-state index in [-0.39, 0.29) is 13.2 Å². The normalized spacial score (nSPS) is 9.64. The highest BCUT2D eigenvalue weighted by Gasteiger charge is 2.16. The van der Waals surface area contributed by atoms with Crippen LogP contribution < -0.4 is 5.32 Å². The fourth-order valence-corrected chi connectivity index (χ4v) is 0.915. The van der Waals surface area contributed by atoms with Crippen molar-refractivity contribution in [2.75, 3.05) is 26.7 Å². The third-order valence-corrected chi connectivity index (χ3v) is 1.79. The van der Waals surface area contributed by atoms with Crippen molar-refractivity contribution in [3.8, 4) is 0 Å². The van der Waals surface area contributed by atoms with Gasteiger partial charge >= 0.3 is 11.8 Å². The third-order valence-electron chi connectivity index (χ3n) is 1.79. The van der Waals surface area contributed by atoms with Crippen LogP contribution in [0.1, 0.15) is 19.8 Å². The molecule has 14 heavy (non-hydrogen) atoms. The van der Waals surface area contributed by atoms with Gasteiger partial charge in [0.05, 0.1) is 6.61 Å². The SMILES string of the molecule is CCCCN(C)C(=O)C(=O)NCCO. The van der Waals surface area contributed by atoms with Crippen molar-refractivity contribution in [2.45, 2.75) is 19.8 Å². The molecule has 0 fully saturated rings. The minimum absolute atomic E-state index is 0.117. The standard InChI is InChI=1S/C9H18N2O3/c1-3-4-6-11(2)9(14)8(13)10-5-7-12/h12H,3-7H2,1-2H3,(H,10,13). The Morgan fingerprint density at radius 3 is 2.57 bits per heavy atom. The van der Waals surface area contributed by atoms with Crippen LogP contribution in [-0.2, 0) is 9.59 Å². The number of likely N-dealkylation sites (N-methyl/N-ethyl adjacent to an activating group) is 1. The molecular weight excluding hydrogens is 184 g/mol. The second-order valence-corrected chi connectivity index (χ2v) is 3.06. The van der Waals surface area contributed by atoms with Crippen molar-refractivity contribution in [1.29, 1.82) is 0 Å². The number of hydrogen-bond acceptors (Lipinski definition) is 3. The van der Waals surface area contributed by atoms with Crippen LogP contribution in [0.3, 0.4) is 0 Å². The monoisotopic (exact) mass is 202 g/mol. The van der Waals surface area contributed by atoms with Crippen molar-refractivity contribution in [1.82, 2.24) is 10.2 Å². The van der Waals surface area contributed by atoms with Gasteiger partial charge in [-0.05, 0) is 6.42 Å². The molecule has 5 heteroatoms. The summed E-state index contributed by atoms with van der Waals surface area (Å²) in [5.41, 5.74) is 0. The van der Waals surface area contributed by atoms with Crippen LogP contribution >= 0.6 is 0 Å². The number of unbranched alkanes of at least 4 members (excludes halogenated alkanes) is 1. The van der Waals surface area contributed by atoms with E-state index in [4.69, 9.17) is 5.11 Å². The summed E-state index contributed by atoms with van der Waals surface area (Å²) in [5, 5.41) is 10.7. The van der Waals surface area contributed by atoms with E-state index in [0.29, 0.717) is 6.54 Å². The first-order valence-electron chi connectivity index (χ1n) is 4.77. The maximum absolute atomic E-state index is 11.3. The van der Waals surface area contributed by atoms with Gasteiger partial charge in [0, 0.05) is 20.1 Å². The predicted molar refractivity (Wildman–Crippen MR) is 52.6 cm³/mol. The number of aliphatic hydroxyl groups is 1. The van der Waals surface area contributed by atoms with Crippen LogP contribution in [0, 0.1) is 0 Å². The number of carbonyl (C=O) groups is 2. The lowest BCUT2D eigenvalue weighted by molar-refractivity contribution is -0.145. The molecule has 0 unspecified atom stereocenters. The predicted octanol–water partition coefficient (Wildman–Crippen LogP) is -0.647. The van der Waals surface area contributed by atoms with E-state index in [1.165, 1.54) is 4.90 Å². The Morgan fingerprint density at radius 2 is 2.07 bits per heavy atom. The van der Waals surface area contributed by atoms with Gasteiger partial charge in [-0.3, -0.25) is 9.59 Å². The van der Waals surface area contributed by atoms with Gasteiger partial charge in [-0.2, -0.15) is 0 Å². The van der Waals surface area contributed by atoms with E-state index in [2.05, 4.69) is 5.32 Å². The van der Waals surface area contributed by atoms with Gasteiger partial charge in [0.15, 0.2) is 0 Å². The molecular formula is C9H18N2O3. The second kappa shape index (κ2) is 7.32. The van der Waals surface area contributed by atoms with Crippen LogP contribution in [0.4, 0.5) is 0 Å². The lowest BCUT2D eigenvalue weighted by Crippen LogP contribution is -2.42. The molecule has 0 atom stereocenters. The Bertz CT molecular complexity index is 194. The molecule has 0 saturated heterocycles. The number of carbonyl (C=O) groups excluding carboxylic acids is 2. The van der Waals surface area contributed by atoms with E-state index >= 15 is 0 Å². The molecule has 0 saturated carbocycles. The number of aliphatic hydroxyl groups excluding tert-OH is 1. The molecule has 0 aliphatic rings. The lowest BCUT2D eigenvalue weighted by Gasteiger charge is -2.15. The molecule has 0 aliphatic heterocycles. The van der Waals surface area contributed by atoms with Gasteiger partial charge in [-0.1, -0.05) is 13.3 Å². The first-order valence-corrected chi connectivity index (χ1v) is 4.77. The van der Waals surface area contributed by atoms with E-state index in [1.54, 1.807) is 7.05 Å². The Balaban J connectivity index is 3.85. The summed E-state index contributed by atoms with van der Waals surface area (Å²) in [7, 11) is 1.59. The Morgan fingerprint density at radius 1 is 1.43 bits per heavy atom. The topological polar surface area (TPSA) is 69.6 Å². The minimum Gasteiger partial charge on any atom is -0.395 e. The third kappa shape index (κ3) is 4.81. The summed E-state index contributed by atoms with van der Waals surface area (Å²) in [6.07, 6.45) is 1.87. The highest BCUT2D eigenvalue weighted by molar-refractivity contribution is 6.34. The molecule has 2 amide bonds. The maximum Gasteiger partial charge on any atom is 0.311 e. The summed E-state index contributed by atoms with van der Waals surface area (Å²) >= 11 is 0. The number of nitrogens with one attached hydrogen (secondary N) is 1. The highest BCUT2D eigenvalue weighted by Crippen LogP contribution is 1.92. The molecule has 0 aromatic carbocycles. The van der Waals surface area contributed by atoms with Crippen LogP contribution in [0.25, 0.3) is 0 Å². The van der Waals surface area contributed by atoms with Gasteiger partial charge in [0.2, 0.25) is 0 Å². The molecule has 0 aliphatic carbocycles.